The van der Waals surface area contributed by atoms with Crippen LogP contribution in [0.5, 0.6) is 0 Å². The van der Waals surface area contributed by atoms with Crippen LogP contribution in [0, 0.1) is 5.92 Å². The van der Waals surface area contributed by atoms with Gasteiger partial charge in [-0.1, -0.05) is 0 Å². The number of hydrogen-bond acceptors (Lipinski definition) is 3. The Morgan fingerprint density at radius 2 is 2.00 bits per heavy atom. The lowest BCUT2D eigenvalue weighted by atomic mass is 10.0. The summed E-state index contributed by atoms with van der Waals surface area (Å²) in [6, 6.07) is 0.709. The molecule has 0 aromatic carbocycles. The van der Waals surface area contributed by atoms with E-state index in [0.717, 1.165) is 31.8 Å². The van der Waals surface area contributed by atoms with Crippen molar-refractivity contribution in [1.82, 2.24) is 4.90 Å². The highest BCUT2D eigenvalue weighted by atomic mass is 16.5. The van der Waals surface area contributed by atoms with Crippen molar-refractivity contribution in [2.24, 2.45) is 5.92 Å². The van der Waals surface area contributed by atoms with Crippen molar-refractivity contribution in [3.63, 3.8) is 0 Å². The average molecular weight is 227 g/mol. The van der Waals surface area contributed by atoms with Gasteiger partial charge in [-0.05, 0) is 38.5 Å². The van der Waals surface area contributed by atoms with Crippen LogP contribution in [0.3, 0.4) is 0 Å². The van der Waals surface area contributed by atoms with Crippen molar-refractivity contribution >= 4 is 5.97 Å². The van der Waals surface area contributed by atoms with Crippen LogP contribution < -0.4 is 0 Å². The third kappa shape index (κ3) is 3.19. The van der Waals surface area contributed by atoms with Gasteiger partial charge in [0.1, 0.15) is 6.61 Å². The SMILES string of the molecule is CC(C1CC1)N1CCC(OCC(=O)O)CC1. The van der Waals surface area contributed by atoms with Crippen LogP contribution in [0.4, 0.5) is 0 Å². The number of piperidine rings is 1. The molecule has 0 aromatic rings. The van der Waals surface area contributed by atoms with Gasteiger partial charge in [0.25, 0.3) is 0 Å². The summed E-state index contributed by atoms with van der Waals surface area (Å²) in [5, 5.41) is 8.53. The fraction of sp³-hybridized carbons (Fsp3) is 0.917. The Hall–Kier alpha value is -0.610. The molecule has 0 radical (unpaired) electrons. The molecule has 1 atom stereocenters. The molecule has 92 valence electrons. The van der Waals surface area contributed by atoms with Gasteiger partial charge >= 0.3 is 5.97 Å². The third-order valence-electron chi connectivity index (χ3n) is 3.80. The van der Waals surface area contributed by atoms with E-state index in [9.17, 15) is 4.79 Å². The second-order valence-electron chi connectivity index (χ2n) is 5.02. The van der Waals surface area contributed by atoms with Gasteiger partial charge in [-0.15, -0.1) is 0 Å². The molecule has 2 aliphatic rings. The zero-order valence-electron chi connectivity index (χ0n) is 9.89. The largest absolute Gasteiger partial charge is 0.480 e. The van der Waals surface area contributed by atoms with Gasteiger partial charge < -0.3 is 14.7 Å². The van der Waals surface area contributed by atoms with Gasteiger partial charge in [0.2, 0.25) is 0 Å². The summed E-state index contributed by atoms with van der Waals surface area (Å²) in [6.07, 6.45) is 4.88. The lowest BCUT2D eigenvalue weighted by Gasteiger charge is -2.35. The molecular weight excluding hydrogens is 206 g/mol. The molecule has 1 aliphatic carbocycles. The predicted octanol–water partition coefficient (Wildman–Crippen LogP) is 1.35. The molecule has 1 heterocycles. The maximum absolute atomic E-state index is 10.4. The van der Waals surface area contributed by atoms with Gasteiger partial charge in [0.15, 0.2) is 0 Å². The first-order valence-corrected chi connectivity index (χ1v) is 6.24. The van der Waals surface area contributed by atoms with Crippen LogP contribution in [0.25, 0.3) is 0 Å². The van der Waals surface area contributed by atoms with Crippen LogP contribution in [-0.2, 0) is 9.53 Å². The first-order valence-electron chi connectivity index (χ1n) is 6.24. The summed E-state index contributed by atoms with van der Waals surface area (Å²) in [6.45, 7) is 4.28. The molecule has 0 bridgehead atoms. The highest BCUT2D eigenvalue weighted by Crippen LogP contribution is 2.36. The van der Waals surface area contributed by atoms with Crippen LogP contribution in [0.1, 0.15) is 32.6 Å². The molecule has 1 aliphatic heterocycles. The number of carbonyl (C=O) groups is 1. The maximum Gasteiger partial charge on any atom is 0.329 e. The molecule has 16 heavy (non-hydrogen) atoms. The summed E-state index contributed by atoms with van der Waals surface area (Å²) in [5.74, 6) is 0.0465. The van der Waals surface area contributed by atoms with Crippen molar-refractivity contribution < 1.29 is 14.6 Å². The molecule has 0 spiro atoms. The Balaban J connectivity index is 1.67. The van der Waals surface area contributed by atoms with Gasteiger partial charge in [-0.2, -0.15) is 0 Å². The lowest BCUT2D eigenvalue weighted by Crippen LogP contribution is -2.43. The molecule has 1 saturated carbocycles. The van der Waals surface area contributed by atoms with E-state index in [1.807, 2.05) is 0 Å². The van der Waals surface area contributed by atoms with E-state index in [0.29, 0.717) is 6.04 Å². The smallest absolute Gasteiger partial charge is 0.329 e. The van der Waals surface area contributed by atoms with Crippen molar-refractivity contribution in [1.29, 1.82) is 0 Å². The number of carboxylic acid groups (broad SMARTS) is 1. The molecule has 0 aromatic heterocycles. The number of aliphatic carboxylic acids is 1. The van der Waals surface area contributed by atoms with Crippen molar-refractivity contribution in [3.8, 4) is 0 Å². The highest BCUT2D eigenvalue weighted by Gasteiger charge is 2.33. The summed E-state index contributed by atoms with van der Waals surface area (Å²) in [7, 11) is 0. The van der Waals surface area contributed by atoms with Gasteiger partial charge in [0.05, 0.1) is 6.10 Å². The van der Waals surface area contributed by atoms with E-state index in [4.69, 9.17) is 9.84 Å². The Morgan fingerprint density at radius 1 is 1.38 bits per heavy atom. The van der Waals surface area contributed by atoms with Crippen LogP contribution >= 0.6 is 0 Å². The van der Waals surface area contributed by atoms with Gasteiger partial charge in [-0.25, -0.2) is 4.79 Å². The van der Waals surface area contributed by atoms with Crippen molar-refractivity contribution in [3.05, 3.63) is 0 Å². The number of ether oxygens (including phenoxy) is 1. The molecule has 1 unspecified atom stereocenters. The molecule has 1 N–H and O–H groups in total. The normalized spacial score (nSPS) is 25.6. The third-order valence-corrected chi connectivity index (χ3v) is 3.80. The number of carboxylic acids is 1. The number of likely N-dealkylation sites (tertiary alicyclic amines) is 1. The molecule has 2 fully saturated rings. The standard InChI is InChI=1S/C12H21NO3/c1-9(10-2-3-10)13-6-4-11(5-7-13)16-8-12(14)15/h9-11H,2-8H2,1H3,(H,14,15). The summed E-state index contributed by atoms with van der Waals surface area (Å²) >= 11 is 0. The van der Waals surface area contributed by atoms with E-state index in [1.165, 1.54) is 12.8 Å². The Labute approximate surface area is 96.6 Å². The quantitative estimate of drug-likeness (QED) is 0.770. The fourth-order valence-corrected chi connectivity index (χ4v) is 2.52. The van der Waals surface area contributed by atoms with Crippen molar-refractivity contribution in [2.75, 3.05) is 19.7 Å². The first kappa shape index (κ1) is 11.9. The topological polar surface area (TPSA) is 49.8 Å². The molecule has 4 nitrogen and oxygen atoms in total. The summed E-state index contributed by atoms with van der Waals surface area (Å²) in [4.78, 5) is 12.9. The molecule has 0 amide bonds. The minimum absolute atomic E-state index is 0.150. The van der Waals surface area contributed by atoms with E-state index in [2.05, 4.69) is 11.8 Å². The molecule has 1 saturated heterocycles. The van der Waals surface area contributed by atoms with Crippen LogP contribution in [0.15, 0.2) is 0 Å². The Morgan fingerprint density at radius 3 is 2.50 bits per heavy atom. The first-order chi connectivity index (χ1) is 7.66. The molecule has 4 heteroatoms. The lowest BCUT2D eigenvalue weighted by molar-refractivity contribution is -0.145. The number of rotatable bonds is 5. The maximum atomic E-state index is 10.4. The predicted molar refractivity (Wildman–Crippen MR) is 60.4 cm³/mol. The Kier molecular flexibility index (Phi) is 3.82. The monoisotopic (exact) mass is 227 g/mol. The minimum Gasteiger partial charge on any atom is -0.480 e. The highest BCUT2D eigenvalue weighted by molar-refractivity contribution is 5.68. The zero-order chi connectivity index (χ0) is 11.5. The second-order valence-corrected chi connectivity index (χ2v) is 5.02. The van der Waals surface area contributed by atoms with E-state index >= 15 is 0 Å². The second kappa shape index (κ2) is 5.15. The van der Waals surface area contributed by atoms with Crippen LogP contribution in [-0.4, -0.2) is 47.8 Å². The summed E-state index contributed by atoms with van der Waals surface area (Å²) < 4.78 is 5.32. The zero-order valence-corrected chi connectivity index (χ0v) is 9.89. The minimum atomic E-state index is -0.867. The van der Waals surface area contributed by atoms with Gasteiger partial charge in [0, 0.05) is 19.1 Å². The molecule has 2 rings (SSSR count). The Bertz CT molecular complexity index is 245. The van der Waals surface area contributed by atoms with Crippen molar-refractivity contribution in [2.45, 2.75) is 44.8 Å². The number of nitrogens with zero attached hydrogens (tertiary/aromatic N) is 1. The van der Waals surface area contributed by atoms with Crippen LogP contribution in [0.2, 0.25) is 0 Å². The number of hydrogen-bond donors (Lipinski definition) is 1. The van der Waals surface area contributed by atoms with E-state index in [-0.39, 0.29) is 12.7 Å². The average Bonchev–Trinajstić information content (AvgIpc) is 3.10. The molecular formula is C12H21NO3. The summed E-state index contributed by atoms with van der Waals surface area (Å²) in [5.41, 5.74) is 0. The van der Waals surface area contributed by atoms with E-state index in [1.54, 1.807) is 0 Å². The van der Waals surface area contributed by atoms with E-state index < -0.39 is 5.97 Å². The van der Waals surface area contributed by atoms with Gasteiger partial charge in [-0.3, -0.25) is 0 Å². The fourth-order valence-electron chi connectivity index (χ4n) is 2.52.